The number of methoxy groups -OCH3 is 2. The fourth-order valence-corrected chi connectivity index (χ4v) is 3.00. The summed E-state index contributed by atoms with van der Waals surface area (Å²) in [4.78, 5) is 13.6. The van der Waals surface area contributed by atoms with E-state index in [0.717, 1.165) is 49.2 Å². The second-order valence-electron chi connectivity index (χ2n) is 6.31. The van der Waals surface area contributed by atoms with Gasteiger partial charge in [-0.15, -0.1) is 24.0 Å². The minimum absolute atomic E-state index is 0. The van der Waals surface area contributed by atoms with Crippen LogP contribution in [-0.4, -0.2) is 52.5 Å². The Morgan fingerprint density at radius 1 is 1.32 bits per heavy atom. The van der Waals surface area contributed by atoms with Gasteiger partial charge in [-0.1, -0.05) is 6.07 Å². The molecule has 1 atom stereocenters. The van der Waals surface area contributed by atoms with Gasteiger partial charge in [-0.25, -0.2) is 19.6 Å². The average molecular weight is 501 g/mol. The summed E-state index contributed by atoms with van der Waals surface area (Å²) in [6, 6.07) is 5.93. The Hall–Kier alpha value is -1.95. The predicted molar refractivity (Wildman–Crippen MR) is 117 cm³/mol. The lowest BCUT2D eigenvalue weighted by Gasteiger charge is -2.25. The molecular formula is C18H28IN7O2. The van der Waals surface area contributed by atoms with Gasteiger partial charge in [-0.2, -0.15) is 5.10 Å². The van der Waals surface area contributed by atoms with Crippen LogP contribution >= 0.6 is 24.0 Å². The molecule has 0 saturated heterocycles. The van der Waals surface area contributed by atoms with Crippen molar-refractivity contribution < 1.29 is 9.47 Å². The van der Waals surface area contributed by atoms with Crippen LogP contribution in [0.5, 0.6) is 5.88 Å². The van der Waals surface area contributed by atoms with Crippen LogP contribution < -0.4 is 15.4 Å². The molecule has 2 aromatic heterocycles. The van der Waals surface area contributed by atoms with Crippen molar-refractivity contribution >= 4 is 29.9 Å². The second kappa shape index (κ2) is 11.1. The number of hydrogen-bond donors (Lipinski definition) is 2. The molecule has 28 heavy (non-hydrogen) atoms. The number of rotatable bonds is 7. The summed E-state index contributed by atoms with van der Waals surface area (Å²) < 4.78 is 12.3. The van der Waals surface area contributed by atoms with Gasteiger partial charge in [-0.05, 0) is 19.4 Å². The highest BCUT2D eigenvalue weighted by Gasteiger charge is 2.22. The van der Waals surface area contributed by atoms with Gasteiger partial charge in [0.2, 0.25) is 5.88 Å². The molecule has 0 aromatic carbocycles. The van der Waals surface area contributed by atoms with Crippen LogP contribution in [0.15, 0.2) is 23.2 Å². The van der Waals surface area contributed by atoms with Crippen LogP contribution in [0.3, 0.4) is 0 Å². The maximum Gasteiger partial charge on any atom is 0.213 e. The van der Waals surface area contributed by atoms with E-state index in [1.54, 1.807) is 14.2 Å². The number of fused-ring (bicyclic) bond motifs is 1. The maximum atomic E-state index is 5.17. The number of nitrogens with one attached hydrogen (secondary N) is 2. The van der Waals surface area contributed by atoms with Crippen molar-refractivity contribution in [3.05, 3.63) is 35.5 Å². The molecule has 1 aliphatic rings. The molecule has 0 bridgehead atoms. The molecule has 10 heteroatoms. The standard InChI is InChI=1S/C18H27N7O2.HI/c1-4-19-18(20-10-13-6-5-7-17(21-13)27-3)22-14-8-9-16-23-15(12-26-2)24-25(16)11-14;/h5-7,14H,4,8-12H2,1-3H3,(H2,19,20,22);1H. The third-order valence-electron chi connectivity index (χ3n) is 4.25. The van der Waals surface area contributed by atoms with Gasteiger partial charge >= 0.3 is 0 Å². The number of pyridine rings is 1. The number of aryl methyl sites for hydroxylation is 1. The van der Waals surface area contributed by atoms with E-state index in [1.807, 2.05) is 22.9 Å². The van der Waals surface area contributed by atoms with Crippen LogP contribution in [0.4, 0.5) is 0 Å². The minimum atomic E-state index is 0. The molecule has 1 unspecified atom stereocenters. The molecule has 3 rings (SSSR count). The lowest BCUT2D eigenvalue weighted by Crippen LogP contribution is -2.47. The third kappa shape index (κ3) is 6.03. The summed E-state index contributed by atoms with van der Waals surface area (Å²) >= 11 is 0. The Morgan fingerprint density at radius 2 is 2.18 bits per heavy atom. The fourth-order valence-electron chi connectivity index (χ4n) is 3.00. The molecular weight excluding hydrogens is 473 g/mol. The van der Waals surface area contributed by atoms with Crippen molar-refractivity contribution in [1.29, 1.82) is 0 Å². The molecule has 0 spiro atoms. The summed E-state index contributed by atoms with van der Waals surface area (Å²) in [7, 11) is 3.27. The zero-order valence-electron chi connectivity index (χ0n) is 16.5. The van der Waals surface area contributed by atoms with Crippen LogP contribution in [0.1, 0.15) is 30.7 Å². The Labute approximate surface area is 182 Å². The molecule has 0 fully saturated rings. The van der Waals surface area contributed by atoms with Gasteiger partial charge in [0.1, 0.15) is 12.4 Å². The van der Waals surface area contributed by atoms with Gasteiger partial charge in [0, 0.05) is 32.2 Å². The highest BCUT2D eigenvalue weighted by Crippen LogP contribution is 2.13. The highest BCUT2D eigenvalue weighted by atomic mass is 127. The van der Waals surface area contributed by atoms with E-state index in [0.29, 0.717) is 19.0 Å². The molecule has 154 valence electrons. The van der Waals surface area contributed by atoms with Crippen molar-refractivity contribution in [2.45, 2.75) is 45.5 Å². The summed E-state index contributed by atoms with van der Waals surface area (Å²) in [6.45, 7) is 4.51. The average Bonchev–Trinajstić information content (AvgIpc) is 3.08. The van der Waals surface area contributed by atoms with E-state index in [1.165, 1.54) is 0 Å². The van der Waals surface area contributed by atoms with Crippen molar-refractivity contribution in [3.63, 3.8) is 0 Å². The first-order valence-electron chi connectivity index (χ1n) is 9.18. The second-order valence-corrected chi connectivity index (χ2v) is 6.31. The molecule has 0 amide bonds. The number of aromatic nitrogens is 4. The van der Waals surface area contributed by atoms with Gasteiger partial charge in [0.15, 0.2) is 11.8 Å². The summed E-state index contributed by atoms with van der Waals surface area (Å²) in [6.07, 6.45) is 1.86. The molecule has 2 N–H and O–H groups in total. The summed E-state index contributed by atoms with van der Waals surface area (Å²) in [5.41, 5.74) is 0.859. The molecule has 9 nitrogen and oxygen atoms in total. The Bertz CT molecular complexity index is 781. The molecule has 0 saturated carbocycles. The van der Waals surface area contributed by atoms with Crippen LogP contribution in [0.2, 0.25) is 0 Å². The monoisotopic (exact) mass is 501 g/mol. The molecule has 2 aromatic rings. The van der Waals surface area contributed by atoms with Gasteiger partial charge in [0.25, 0.3) is 0 Å². The zero-order valence-corrected chi connectivity index (χ0v) is 18.8. The summed E-state index contributed by atoms with van der Waals surface area (Å²) in [5.74, 6) is 3.12. The molecule has 1 aliphatic heterocycles. The largest absolute Gasteiger partial charge is 0.481 e. The molecule has 0 aliphatic carbocycles. The maximum absolute atomic E-state index is 5.17. The number of halogens is 1. The van der Waals surface area contributed by atoms with Crippen molar-refractivity contribution in [1.82, 2.24) is 30.4 Å². The van der Waals surface area contributed by atoms with Crippen molar-refractivity contribution in [2.75, 3.05) is 20.8 Å². The Morgan fingerprint density at radius 3 is 2.93 bits per heavy atom. The molecule has 3 heterocycles. The number of nitrogens with zero attached hydrogens (tertiary/aromatic N) is 5. The van der Waals surface area contributed by atoms with Crippen LogP contribution in [-0.2, 0) is 30.9 Å². The third-order valence-corrected chi connectivity index (χ3v) is 4.25. The summed E-state index contributed by atoms with van der Waals surface area (Å²) in [5, 5.41) is 11.3. The van der Waals surface area contributed by atoms with Crippen molar-refractivity contribution in [2.24, 2.45) is 4.99 Å². The van der Waals surface area contributed by atoms with Crippen molar-refractivity contribution in [3.8, 4) is 5.88 Å². The van der Waals surface area contributed by atoms with Gasteiger partial charge in [0.05, 0.1) is 25.9 Å². The van der Waals surface area contributed by atoms with E-state index in [9.17, 15) is 0 Å². The smallest absolute Gasteiger partial charge is 0.213 e. The number of guanidine groups is 1. The topological polar surface area (TPSA) is 98.5 Å². The Kier molecular flexibility index (Phi) is 8.90. The number of ether oxygens (including phenoxy) is 2. The number of hydrogen-bond acceptors (Lipinski definition) is 6. The first-order valence-corrected chi connectivity index (χ1v) is 9.18. The lowest BCUT2D eigenvalue weighted by molar-refractivity contribution is 0.177. The van der Waals surface area contributed by atoms with Crippen LogP contribution in [0, 0.1) is 0 Å². The highest BCUT2D eigenvalue weighted by molar-refractivity contribution is 14.0. The SMILES string of the molecule is CCNC(=NCc1cccc(OC)n1)NC1CCc2nc(COC)nn2C1.I. The normalized spacial score (nSPS) is 16.1. The molecule has 0 radical (unpaired) electrons. The fraction of sp³-hybridized carbons (Fsp3) is 0.556. The minimum Gasteiger partial charge on any atom is -0.481 e. The quantitative estimate of drug-likeness (QED) is 0.337. The first-order chi connectivity index (χ1) is 13.2. The van der Waals surface area contributed by atoms with E-state index < -0.39 is 0 Å². The number of aliphatic imine (C=N–C) groups is 1. The predicted octanol–water partition coefficient (Wildman–Crippen LogP) is 1.52. The van der Waals surface area contributed by atoms with Gasteiger partial charge < -0.3 is 20.1 Å². The van der Waals surface area contributed by atoms with E-state index >= 15 is 0 Å². The van der Waals surface area contributed by atoms with E-state index in [4.69, 9.17) is 9.47 Å². The lowest BCUT2D eigenvalue weighted by atomic mass is 10.1. The Balaban J connectivity index is 0.00000280. The zero-order chi connectivity index (χ0) is 19.1. The van der Waals surface area contributed by atoms with E-state index in [2.05, 4.69) is 37.6 Å². The van der Waals surface area contributed by atoms with Gasteiger partial charge in [-0.3, -0.25) is 0 Å². The first kappa shape index (κ1) is 22.3. The van der Waals surface area contributed by atoms with Crippen LogP contribution in [0.25, 0.3) is 0 Å². The van der Waals surface area contributed by atoms with E-state index in [-0.39, 0.29) is 30.0 Å².